The Morgan fingerprint density at radius 2 is 1.82 bits per heavy atom. The van der Waals surface area contributed by atoms with Crippen LogP contribution < -0.4 is 15.5 Å². The normalized spacial score (nSPS) is 14.0. The van der Waals surface area contributed by atoms with E-state index in [4.69, 9.17) is 4.42 Å². The molecule has 8 nitrogen and oxygen atoms in total. The van der Waals surface area contributed by atoms with Gasteiger partial charge >= 0.3 is 17.8 Å². The van der Waals surface area contributed by atoms with Gasteiger partial charge in [0.1, 0.15) is 5.82 Å². The molecule has 2 N–H and O–H groups in total. The van der Waals surface area contributed by atoms with Crippen LogP contribution in [0.1, 0.15) is 16.2 Å². The lowest BCUT2D eigenvalue weighted by atomic mass is 10.2. The van der Waals surface area contributed by atoms with E-state index in [-0.39, 0.29) is 11.9 Å². The molecule has 0 unspecified atom stereocenters. The summed E-state index contributed by atoms with van der Waals surface area (Å²) in [6.45, 7) is 3.98. The predicted octanol–water partition coefficient (Wildman–Crippen LogP) is 3.32. The van der Waals surface area contributed by atoms with Gasteiger partial charge < -0.3 is 20.0 Å². The van der Waals surface area contributed by atoms with Crippen LogP contribution in [0.25, 0.3) is 0 Å². The molecule has 0 radical (unpaired) electrons. The quantitative estimate of drug-likeness (QED) is 0.678. The van der Waals surface area contributed by atoms with Crippen LogP contribution in [-0.2, 0) is 0 Å². The first-order valence-corrected chi connectivity index (χ1v) is 10.1. The molecule has 3 heterocycles. The van der Waals surface area contributed by atoms with E-state index in [0.717, 1.165) is 41.7 Å². The van der Waals surface area contributed by atoms with Crippen molar-refractivity contribution in [2.24, 2.45) is 0 Å². The number of thioether (sulfide) groups is 1. The molecule has 0 atom stereocenters. The molecule has 1 amide bonds. The van der Waals surface area contributed by atoms with Gasteiger partial charge in [0.15, 0.2) is 0 Å². The number of aryl methyl sites for hydroxylation is 1. The lowest BCUT2D eigenvalue weighted by molar-refractivity contribution is 0.0991. The van der Waals surface area contributed by atoms with Crippen LogP contribution in [0, 0.1) is 6.92 Å². The second-order valence-electron chi connectivity index (χ2n) is 6.36. The highest BCUT2D eigenvalue weighted by Crippen LogP contribution is 2.20. The van der Waals surface area contributed by atoms with Gasteiger partial charge in [-0.15, -0.1) is 5.10 Å². The van der Waals surface area contributed by atoms with Crippen molar-refractivity contribution in [1.29, 1.82) is 0 Å². The van der Waals surface area contributed by atoms with Crippen molar-refractivity contribution in [1.82, 2.24) is 15.2 Å². The number of carbonyl (C=O) groups is 1. The van der Waals surface area contributed by atoms with Crippen LogP contribution in [0.15, 0.2) is 47.0 Å². The van der Waals surface area contributed by atoms with Crippen molar-refractivity contribution in [2.45, 2.75) is 6.92 Å². The fourth-order valence-electron chi connectivity index (χ4n) is 2.75. The molecule has 4 rings (SSSR count). The van der Waals surface area contributed by atoms with Gasteiger partial charge in [0.05, 0.1) is 11.9 Å². The number of rotatable bonds is 5. The third kappa shape index (κ3) is 4.42. The van der Waals surface area contributed by atoms with Gasteiger partial charge in [-0.05, 0) is 31.2 Å². The summed E-state index contributed by atoms with van der Waals surface area (Å²) in [6, 6.07) is 11.6. The number of aromatic nitrogens is 3. The standard InChI is InChI=1S/C19H20N6O2S/c1-13-2-4-14(5-3-13)22-19-24-23-18(27-19)17(26)21-15-6-7-16(20-12-15)25-8-10-28-11-9-25/h2-7,12H,8-11H2,1H3,(H,21,26)(H,22,24). The zero-order valence-electron chi connectivity index (χ0n) is 15.4. The van der Waals surface area contributed by atoms with Crippen molar-refractivity contribution in [3.05, 3.63) is 54.0 Å². The van der Waals surface area contributed by atoms with Gasteiger partial charge in [-0.2, -0.15) is 11.8 Å². The van der Waals surface area contributed by atoms with E-state index >= 15 is 0 Å². The minimum absolute atomic E-state index is 0.119. The van der Waals surface area contributed by atoms with Gasteiger partial charge in [-0.3, -0.25) is 4.79 Å². The molecule has 1 fully saturated rings. The van der Waals surface area contributed by atoms with Crippen LogP contribution in [-0.4, -0.2) is 45.7 Å². The summed E-state index contributed by atoms with van der Waals surface area (Å²) in [5, 5.41) is 13.4. The SMILES string of the molecule is Cc1ccc(Nc2nnc(C(=O)Nc3ccc(N4CCSCC4)nc3)o2)cc1. The van der Waals surface area contributed by atoms with Gasteiger partial charge in [0, 0.05) is 30.3 Å². The molecule has 1 aromatic carbocycles. The molecule has 144 valence electrons. The van der Waals surface area contributed by atoms with Gasteiger partial charge in [0.25, 0.3) is 0 Å². The monoisotopic (exact) mass is 396 g/mol. The molecule has 9 heteroatoms. The fraction of sp³-hybridized carbons (Fsp3) is 0.263. The topological polar surface area (TPSA) is 96.2 Å². The smallest absolute Gasteiger partial charge is 0.320 e. The molecule has 1 saturated heterocycles. The molecule has 0 spiro atoms. The van der Waals surface area contributed by atoms with Crippen molar-refractivity contribution in [2.75, 3.05) is 40.1 Å². The molecule has 1 aliphatic heterocycles. The number of hydrogen-bond acceptors (Lipinski definition) is 8. The van der Waals surface area contributed by atoms with Crippen LogP contribution in [0.5, 0.6) is 0 Å². The molecular formula is C19H20N6O2S. The molecule has 0 bridgehead atoms. The number of benzene rings is 1. The second-order valence-corrected chi connectivity index (χ2v) is 7.59. The van der Waals surface area contributed by atoms with Crippen molar-refractivity contribution in [3.8, 4) is 0 Å². The maximum absolute atomic E-state index is 12.3. The van der Waals surface area contributed by atoms with E-state index in [1.54, 1.807) is 6.20 Å². The van der Waals surface area contributed by atoms with Gasteiger partial charge in [-0.25, -0.2) is 4.98 Å². The average molecular weight is 396 g/mol. The van der Waals surface area contributed by atoms with Gasteiger partial charge in [0.2, 0.25) is 0 Å². The minimum Gasteiger partial charge on any atom is -0.399 e. The van der Waals surface area contributed by atoms with Crippen LogP contribution in [0.4, 0.5) is 23.2 Å². The first-order valence-electron chi connectivity index (χ1n) is 8.95. The maximum Gasteiger partial charge on any atom is 0.320 e. The van der Waals surface area contributed by atoms with E-state index in [9.17, 15) is 4.79 Å². The van der Waals surface area contributed by atoms with E-state index in [1.165, 1.54) is 0 Å². The summed E-state index contributed by atoms with van der Waals surface area (Å²) in [4.78, 5) is 19.0. The summed E-state index contributed by atoms with van der Waals surface area (Å²) < 4.78 is 5.39. The average Bonchev–Trinajstić information content (AvgIpc) is 3.20. The molecule has 0 saturated carbocycles. The number of nitrogens with zero attached hydrogens (tertiary/aromatic N) is 4. The van der Waals surface area contributed by atoms with Crippen LogP contribution >= 0.6 is 11.8 Å². The molecule has 2 aromatic heterocycles. The maximum atomic E-state index is 12.3. The van der Waals surface area contributed by atoms with E-state index in [0.29, 0.717) is 5.69 Å². The number of nitrogens with one attached hydrogen (secondary N) is 2. The molecule has 28 heavy (non-hydrogen) atoms. The number of pyridine rings is 1. The van der Waals surface area contributed by atoms with E-state index in [1.807, 2.05) is 55.1 Å². The number of amides is 1. The second kappa shape index (κ2) is 8.30. The molecular weight excluding hydrogens is 376 g/mol. The first-order chi connectivity index (χ1) is 13.7. The largest absolute Gasteiger partial charge is 0.399 e. The summed E-state index contributed by atoms with van der Waals surface area (Å²) in [6.07, 6.45) is 1.64. The van der Waals surface area contributed by atoms with Gasteiger partial charge in [-0.1, -0.05) is 22.8 Å². The Balaban J connectivity index is 1.37. The molecule has 3 aromatic rings. The Hall–Kier alpha value is -3.07. The Bertz CT molecular complexity index is 936. The van der Waals surface area contributed by atoms with Crippen molar-refractivity contribution in [3.63, 3.8) is 0 Å². The number of hydrogen-bond donors (Lipinski definition) is 2. The lowest BCUT2D eigenvalue weighted by Gasteiger charge is -2.27. The first kappa shape index (κ1) is 18.3. The van der Waals surface area contributed by atoms with E-state index < -0.39 is 5.91 Å². The molecule has 1 aliphatic rings. The summed E-state index contributed by atoms with van der Waals surface area (Å²) in [5.74, 6) is 2.54. The summed E-state index contributed by atoms with van der Waals surface area (Å²) >= 11 is 1.95. The third-order valence-corrected chi connectivity index (χ3v) is 5.21. The zero-order valence-corrected chi connectivity index (χ0v) is 16.2. The highest BCUT2D eigenvalue weighted by molar-refractivity contribution is 7.99. The Labute approximate surface area is 166 Å². The number of carbonyl (C=O) groups excluding carboxylic acids is 1. The Morgan fingerprint density at radius 3 is 2.54 bits per heavy atom. The third-order valence-electron chi connectivity index (χ3n) is 4.26. The van der Waals surface area contributed by atoms with Crippen molar-refractivity contribution >= 4 is 40.9 Å². The minimum atomic E-state index is -0.478. The zero-order chi connectivity index (χ0) is 19.3. The summed E-state index contributed by atoms with van der Waals surface area (Å²) in [7, 11) is 0. The number of anilines is 4. The Morgan fingerprint density at radius 1 is 1.07 bits per heavy atom. The predicted molar refractivity (Wildman–Crippen MR) is 110 cm³/mol. The van der Waals surface area contributed by atoms with E-state index in [2.05, 4.69) is 30.7 Å². The highest BCUT2D eigenvalue weighted by Gasteiger charge is 2.16. The molecule has 0 aliphatic carbocycles. The summed E-state index contributed by atoms with van der Waals surface area (Å²) in [5.41, 5.74) is 2.53. The van der Waals surface area contributed by atoms with Crippen molar-refractivity contribution < 1.29 is 9.21 Å². The van der Waals surface area contributed by atoms with Crippen LogP contribution in [0.2, 0.25) is 0 Å². The Kier molecular flexibility index (Phi) is 5.43. The van der Waals surface area contributed by atoms with Crippen LogP contribution in [0.3, 0.4) is 0 Å². The lowest BCUT2D eigenvalue weighted by Crippen LogP contribution is -2.33. The fourth-order valence-corrected chi connectivity index (χ4v) is 3.65. The highest BCUT2D eigenvalue weighted by atomic mass is 32.2.